The highest BCUT2D eigenvalue weighted by Crippen LogP contribution is 2.41. The highest BCUT2D eigenvalue weighted by atomic mass is 28.4. The molecule has 1 aliphatic rings. The first-order valence-corrected chi connectivity index (χ1v) is 10.2. The van der Waals surface area contributed by atoms with Crippen molar-refractivity contribution in [2.75, 3.05) is 7.05 Å². The van der Waals surface area contributed by atoms with Gasteiger partial charge in [-0.2, -0.15) is 0 Å². The Kier molecular flexibility index (Phi) is 4.86. The molecule has 0 saturated carbocycles. The van der Waals surface area contributed by atoms with Crippen LogP contribution in [0.2, 0.25) is 18.1 Å². The van der Waals surface area contributed by atoms with Crippen molar-refractivity contribution in [3.05, 3.63) is 0 Å². The Hall–Kier alpha value is -0.683. The van der Waals surface area contributed by atoms with Crippen molar-refractivity contribution >= 4 is 20.5 Å². The van der Waals surface area contributed by atoms with Crippen molar-refractivity contribution in [2.24, 2.45) is 11.8 Å². The van der Waals surface area contributed by atoms with E-state index in [1.54, 1.807) is 11.9 Å². The first-order valence-electron chi connectivity index (χ1n) is 7.34. The number of hydrogen-bond acceptors (Lipinski definition) is 3. The summed E-state index contributed by atoms with van der Waals surface area (Å²) < 4.78 is 6.33. The lowest BCUT2D eigenvalue weighted by molar-refractivity contribution is -0.164. The van der Waals surface area contributed by atoms with Crippen LogP contribution in [0, 0.1) is 11.8 Å². The molecule has 0 aliphatic carbocycles. The zero-order valence-electron chi connectivity index (χ0n) is 14.1. The molecule has 1 heterocycles. The molecule has 0 unspecified atom stereocenters. The van der Waals surface area contributed by atoms with Gasteiger partial charge in [-0.1, -0.05) is 27.7 Å². The maximum Gasteiger partial charge on any atom is 0.230 e. The Balaban J connectivity index is 2.84. The largest absolute Gasteiger partial charge is 0.413 e. The number of amides is 1. The van der Waals surface area contributed by atoms with Crippen LogP contribution in [-0.2, 0) is 14.0 Å². The maximum atomic E-state index is 12.1. The minimum absolute atomic E-state index is 0.0280. The van der Waals surface area contributed by atoms with Crippen molar-refractivity contribution in [3.63, 3.8) is 0 Å². The molecule has 4 nitrogen and oxygen atoms in total. The fourth-order valence-electron chi connectivity index (χ4n) is 2.64. The summed E-state index contributed by atoms with van der Waals surface area (Å²) in [5, 5.41) is 0.117. The first kappa shape index (κ1) is 17.4. The molecule has 1 aliphatic heterocycles. The van der Waals surface area contributed by atoms with Gasteiger partial charge in [-0.05, 0) is 25.1 Å². The van der Waals surface area contributed by atoms with Gasteiger partial charge in [0.25, 0.3) is 0 Å². The van der Waals surface area contributed by atoms with Crippen LogP contribution in [0.15, 0.2) is 0 Å². The van der Waals surface area contributed by atoms with Gasteiger partial charge in [-0.25, -0.2) is 0 Å². The molecule has 0 N–H and O–H groups in total. The summed E-state index contributed by atoms with van der Waals surface area (Å²) >= 11 is 0. The summed E-state index contributed by atoms with van der Waals surface area (Å²) in [6.07, 6.45) is 0.798. The third-order valence-corrected chi connectivity index (χ3v) is 9.57. The van der Waals surface area contributed by atoms with Crippen molar-refractivity contribution < 1.29 is 14.0 Å². The molecule has 0 bridgehead atoms. The SMILES string of the molecule is C[C@@H](C=O)[C@@H]1[C@@H]([C@@H](C)O[Si](C)(C)C(C)(C)C)C(=O)N1C. The van der Waals surface area contributed by atoms with Crippen LogP contribution in [0.4, 0.5) is 0 Å². The average Bonchev–Trinajstić information content (AvgIpc) is 2.31. The Morgan fingerprint density at radius 3 is 2.20 bits per heavy atom. The highest BCUT2D eigenvalue weighted by Gasteiger charge is 2.52. The monoisotopic (exact) mass is 299 g/mol. The summed E-state index contributed by atoms with van der Waals surface area (Å²) in [7, 11) is -0.132. The van der Waals surface area contributed by atoms with Gasteiger partial charge in [0.05, 0.1) is 18.1 Å². The topological polar surface area (TPSA) is 46.6 Å². The third kappa shape index (κ3) is 2.98. The molecule has 0 aromatic rings. The third-order valence-electron chi connectivity index (χ3n) is 4.99. The molecule has 5 heteroatoms. The number of likely N-dealkylation sites (tertiary alicyclic amines) is 1. The maximum absolute atomic E-state index is 12.1. The second-order valence-corrected chi connectivity index (χ2v) is 12.3. The van der Waals surface area contributed by atoms with Crippen LogP contribution < -0.4 is 0 Å². The number of β-lactam (4-membered cyclic amide) rings is 1. The van der Waals surface area contributed by atoms with Crippen LogP contribution in [0.25, 0.3) is 0 Å². The molecule has 116 valence electrons. The summed E-state index contributed by atoms with van der Waals surface area (Å²) in [5.41, 5.74) is 0. The van der Waals surface area contributed by atoms with E-state index < -0.39 is 8.32 Å². The molecule has 0 spiro atoms. The van der Waals surface area contributed by atoms with Crippen molar-refractivity contribution in [1.29, 1.82) is 0 Å². The van der Waals surface area contributed by atoms with E-state index in [0.717, 1.165) is 6.29 Å². The molecule has 0 aromatic carbocycles. The van der Waals surface area contributed by atoms with Crippen LogP contribution in [0.5, 0.6) is 0 Å². The number of nitrogens with zero attached hydrogens (tertiary/aromatic N) is 1. The van der Waals surface area contributed by atoms with Gasteiger partial charge in [0.2, 0.25) is 5.91 Å². The Labute approximate surface area is 124 Å². The second kappa shape index (κ2) is 5.60. The number of rotatable bonds is 5. The molecule has 20 heavy (non-hydrogen) atoms. The van der Waals surface area contributed by atoms with Crippen molar-refractivity contribution in [2.45, 2.75) is 64.9 Å². The van der Waals surface area contributed by atoms with Crippen LogP contribution in [0.3, 0.4) is 0 Å². The first-order chi connectivity index (χ1) is 8.94. The van der Waals surface area contributed by atoms with E-state index in [9.17, 15) is 9.59 Å². The quantitative estimate of drug-likeness (QED) is 0.445. The van der Waals surface area contributed by atoms with Crippen molar-refractivity contribution in [3.8, 4) is 0 Å². The predicted molar refractivity (Wildman–Crippen MR) is 83.0 cm³/mol. The molecule has 1 rings (SSSR count). The number of hydrogen-bond donors (Lipinski definition) is 0. The van der Waals surface area contributed by atoms with Gasteiger partial charge in [0, 0.05) is 13.0 Å². The Morgan fingerprint density at radius 2 is 1.80 bits per heavy atom. The van der Waals surface area contributed by atoms with E-state index in [2.05, 4.69) is 33.9 Å². The molecule has 4 atom stereocenters. The smallest absolute Gasteiger partial charge is 0.230 e. The molecule has 1 saturated heterocycles. The fraction of sp³-hybridized carbons (Fsp3) is 0.867. The summed E-state index contributed by atoms with van der Waals surface area (Å²) in [4.78, 5) is 24.8. The summed E-state index contributed by atoms with van der Waals surface area (Å²) in [6, 6.07) is -0.0280. The molecule has 0 radical (unpaired) electrons. The standard InChI is InChI=1S/C15H29NO3Si/c1-10(9-17)13-12(14(18)16(13)6)11(2)19-20(7,8)15(3,4)5/h9-13H,1-8H3/t10-,11+,12+,13+/m0/s1. The lowest BCUT2D eigenvalue weighted by atomic mass is 9.77. The zero-order chi connectivity index (χ0) is 15.9. The van der Waals surface area contributed by atoms with Gasteiger partial charge >= 0.3 is 0 Å². The number of carbonyl (C=O) groups is 2. The summed E-state index contributed by atoms with van der Waals surface area (Å²) in [6.45, 7) is 14.8. The number of aldehydes is 1. The van der Waals surface area contributed by atoms with Gasteiger partial charge in [0.1, 0.15) is 6.29 Å². The van der Waals surface area contributed by atoms with Crippen LogP contribution >= 0.6 is 0 Å². The lowest BCUT2D eigenvalue weighted by Gasteiger charge is -2.51. The van der Waals surface area contributed by atoms with E-state index >= 15 is 0 Å². The molecule has 1 fully saturated rings. The normalized spacial score (nSPS) is 27.0. The predicted octanol–water partition coefficient (Wildman–Crippen LogP) is 2.69. The molecular formula is C15H29NO3Si. The highest BCUT2D eigenvalue weighted by molar-refractivity contribution is 6.74. The Bertz CT molecular complexity index is 385. The second-order valence-electron chi connectivity index (χ2n) is 7.54. The number of carbonyl (C=O) groups excluding carboxylic acids is 2. The minimum Gasteiger partial charge on any atom is -0.413 e. The average molecular weight is 299 g/mol. The van der Waals surface area contributed by atoms with E-state index in [1.807, 2.05) is 13.8 Å². The van der Waals surface area contributed by atoms with E-state index in [4.69, 9.17) is 4.43 Å². The fourth-order valence-corrected chi connectivity index (χ4v) is 4.07. The van der Waals surface area contributed by atoms with Gasteiger partial charge in [-0.15, -0.1) is 0 Å². The zero-order valence-corrected chi connectivity index (χ0v) is 15.1. The Morgan fingerprint density at radius 1 is 1.30 bits per heavy atom. The van der Waals surface area contributed by atoms with Crippen LogP contribution in [0.1, 0.15) is 34.6 Å². The molecular weight excluding hydrogens is 270 g/mol. The van der Waals surface area contributed by atoms with Gasteiger partial charge in [0.15, 0.2) is 8.32 Å². The van der Waals surface area contributed by atoms with Gasteiger partial charge in [-0.3, -0.25) is 4.79 Å². The van der Waals surface area contributed by atoms with E-state index in [-0.39, 0.29) is 34.9 Å². The summed E-state index contributed by atoms with van der Waals surface area (Å²) in [5.74, 6) is -0.239. The molecule has 1 amide bonds. The van der Waals surface area contributed by atoms with Crippen molar-refractivity contribution in [1.82, 2.24) is 4.90 Å². The van der Waals surface area contributed by atoms with E-state index in [1.165, 1.54) is 0 Å². The minimum atomic E-state index is -1.90. The van der Waals surface area contributed by atoms with Crippen LogP contribution in [-0.4, -0.2) is 44.6 Å². The van der Waals surface area contributed by atoms with Gasteiger partial charge < -0.3 is 14.1 Å². The van der Waals surface area contributed by atoms with E-state index in [0.29, 0.717) is 0 Å². The lowest BCUT2D eigenvalue weighted by Crippen LogP contribution is -2.66. The molecule has 0 aromatic heterocycles.